The van der Waals surface area contributed by atoms with E-state index in [4.69, 9.17) is 4.74 Å². The van der Waals surface area contributed by atoms with Crippen LogP contribution in [0.4, 0.5) is 5.69 Å². The van der Waals surface area contributed by atoms with Gasteiger partial charge in [-0.15, -0.1) is 0 Å². The zero-order chi connectivity index (χ0) is 19.6. The Balaban J connectivity index is 1.78. The number of carbonyl (C=O) groups is 1. The average molecular weight is 388 g/mol. The molecule has 1 aliphatic rings. The maximum atomic E-state index is 12.8. The van der Waals surface area contributed by atoms with Gasteiger partial charge in [-0.1, -0.05) is 29.8 Å². The number of nitrogens with zero attached hydrogens (tertiary/aromatic N) is 2. The topological polar surface area (TPSA) is 66.9 Å². The Hall–Kier alpha value is -2.54. The standard InChI is InChI=1S/C20H24N2O4S/c1-15-7-9-17(10-8-15)22(27(3,24)25)14-20(23)21-12-11-19(21)16-5-4-6-18(13-16)26-2/h4-10,13,19H,11-12,14H2,1-3H3/t19-/m1/s1. The van der Waals surface area contributed by atoms with Crippen molar-refractivity contribution in [2.24, 2.45) is 0 Å². The molecule has 0 radical (unpaired) electrons. The van der Waals surface area contributed by atoms with E-state index >= 15 is 0 Å². The van der Waals surface area contributed by atoms with Gasteiger partial charge in [0.25, 0.3) is 0 Å². The maximum Gasteiger partial charge on any atom is 0.243 e. The molecule has 1 fully saturated rings. The second-order valence-electron chi connectivity index (χ2n) is 6.77. The second-order valence-corrected chi connectivity index (χ2v) is 8.68. The smallest absolute Gasteiger partial charge is 0.243 e. The predicted molar refractivity (Wildman–Crippen MR) is 105 cm³/mol. The summed E-state index contributed by atoms with van der Waals surface area (Å²) in [6.07, 6.45) is 1.97. The number of likely N-dealkylation sites (tertiary alicyclic amines) is 1. The zero-order valence-electron chi connectivity index (χ0n) is 15.8. The molecule has 144 valence electrons. The summed E-state index contributed by atoms with van der Waals surface area (Å²) < 4.78 is 30.9. The van der Waals surface area contributed by atoms with Crippen molar-refractivity contribution < 1.29 is 17.9 Å². The first-order chi connectivity index (χ1) is 12.8. The lowest BCUT2D eigenvalue weighted by Gasteiger charge is -2.42. The number of methoxy groups -OCH3 is 1. The van der Waals surface area contributed by atoms with Gasteiger partial charge in [-0.25, -0.2) is 8.42 Å². The van der Waals surface area contributed by atoms with E-state index in [9.17, 15) is 13.2 Å². The van der Waals surface area contributed by atoms with Crippen LogP contribution < -0.4 is 9.04 Å². The van der Waals surface area contributed by atoms with Crippen molar-refractivity contribution >= 4 is 21.6 Å². The highest BCUT2D eigenvalue weighted by atomic mass is 32.2. The molecule has 1 amide bonds. The molecule has 0 spiro atoms. The van der Waals surface area contributed by atoms with Gasteiger partial charge in [0.1, 0.15) is 12.3 Å². The van der Waals surface area contributed by atoms with Crippen LogP contribution >= 0.6 is 0 Å². The van der Waals surface area contributed by atoms with Crippen LogP contribution in [0, 0.1) is 6.92 Å². The lowest BCUT2D eigenvalue weighted by atomic mass is 9.94. The number of benzene rings is 2. The Morgan fingerprint density at radius 1 is 1.22 bits per heavy atom. The third-order valence-electron chi connectivity index (χ3n) is 4.82. The van der Waals surface area contributed by atoms with Gasteiger partial charge in [0.15, 0.2) is 0 Å². The number of hydrogen-bond donors (Lipinski definition) is 0. The number of sulfonamides is 1. The highest BCUT2D eigenvalue weighted by molar-refractivity contribution is 7.92. The zero-order valence-corrected chi connectivity index (χ0v) is 16.6. The summed E-state index contributed by atoms with van der Waals surface area (Å²) in [4.78, 5) is 14.6. The van der Waals surface area contributed by atoms with Gasteiger partial charge < -0.3 is 9.64 Å². The molecule has 0 aromatic heterocycles. The van der Waals surface area contributed by atoms with Crippen molar-refractivity contribution in [2.45, 2.75) is 19.4 Å². The van der Waals surface area contributed by atoms with Crippen molar-refractivity contribution in [3.63, 3.8) is 0 Å². The molecular formula is C20H24N2O4S. The molecule has 1 heterocycles. The summed E-state index contributed by atoms with van der Waals surface area (Å²) in [7, 11) is -1.96. The van der Waals surface area contributed by atoms with Crippen molar-refractivity contribution in [1.82, 2.24) is 4.90 Å². The Morgan fingerprint density at radius 2 is 1.93 bits per heavy atom. The summed E-state index contributed by atoms with van der Waals surface area (Å²) in [5.74, 6) is 0.532. The van der Waals surface area contributed by atoms with Crippen molar-refractivity contribution in [3.05, 3.63) is 59.7 Å². The van der Waals surface area contributed by atoms with E-state index in [1.807, 2.05) is 43.3 Å². The van der Waals surface area contributed by atoms with Crippen LogP contribution in [0.2, 0.25) is 0 Å². The molecule has 2 aromatic carbocycles. The number of anilines is 1. The minimum atomic E-state index is -3.57. The third-order valence-corrected chi connectivity index (χ3v) is 5.96. The number of aryl methyl sites for hydroxylation is 1. The summed E-state index contributed by atoms with van der Waals surface area (Å²) in [6, 6.07) is 14.7. The van der Waals surface area contributed by atoms with E-state index in [1.54, 1.807) is 24.1 Å². The van der Waals surface area contributed by atoms with E-state index in [2.05, 4.69) is 0 Å². The molecule has 7 heteroatoms. The van der Waals surface area contributed by atoms with Gasteiger partial charge in [0, 0.05) is 6.54 Å². The number of amides is 1. The Labute approximate surface area is 160 Å². The molecule has 0 aliphatic carbocycles. The van der Waals surface area contributed by atoms with Crippen LogP contribution in [-0.4, -0.2) is 45.7 Å². The minimum absolute atomic E-state index is 0.0490. The number of ether oxygens (including phenoxy) is 1. The van der Waals surface area contributed by atoms with Gasteiger partial charge in [0.2, 0.25) is 15.9 Å². The van der Waals surface area contributed by atoms with E-state index in [-0.39, 0.29) is 18.5 Å². The number of rotatable bonds is 6. The van der Waals surface area contributed by atoms with Crippen LogP contribution in [0.15, 0.2) is 48.5 Å². The SMILES string of the molecule is COc1cccc([C@H]2CCN2C(=O)CN(c2ccc(C)cc2)S(C)(=O)=O)c1. The largest absolute Gasteiger partial charge is 0.497 e. The van der Waals surface area contributed by atoms with Crippen LogP contribution in [0.3, 0.4) is 0 Å². The fraction of sp³-hybridized carbons (Fsp3) is 0.350. The molecule has 1 aliphatic heterocycles. The Kier molecular flexibility index (Phi) is 5.41. The average Bonchev–Trinajstić information content (AvgIpc) is 2.59. The van der Waals surface area contributed by atoms with E-state index < -0.39 is 10.0 Å². The van der Waals surface area contributed by atoms with Gasteiger partial charge in [0.05, 0.1) is 25.1 Å². The lowest BCUT2D eigenvalue weighted by molar-refractivity contribution is -0.137. The summed E-state index contributed by atoms with van der Waals surface area (Å²) >= 11 is 0. The first kappa shape index (κ1) is 19.2. The fourth-order valence-electron chi connectivity index (χ4n) is 3.21. The normalized spacial score (nSPS) is 16.6. The highest BCUT2D eigenvalue weighted by Gasteiger charge is 2.35. The van der Waals surface area contributed by atoms with Crippen LogP contribution in [0.1, 0.15) is 23.6 Å². The minimum Gasteiger partial charge on any atom is -0.497 e. The van der Waals surface area contributed by atoms with Crippen LogP contribution in [0.25, 0.3) is 0 Å². The van der Waals surface area contributed by atoms with Gasteiger partial charge >= 0.3 is 0 Å². The summed E-state index contributed by atoms with van der Waals surface area (Å²) in [5.41, 5.74) is 2.52. The van der Waals surface area contributed by atoms with Gasteiger partial charge in [-0.3, -0.25) is 9.10 Å². The molecule has 1 saturated heterocycles. The Bertz CT molecular complexity index is 925. The van der Waals surface area contributed by atoms with Gasteiger partial charge in [-0.05, 0) is 43.2 Å². The van der Waals surface area contributed by atoms with E-state index in [0.717, 1.165) is 33.9 Å². The van der Waals surface area contributed by atoms with Crippen LogP contribution in [-0.2, 0) is 14.8 Å². The number of hydrogen-bond acceptors (Lipinski definition) is 4. The summed E-state index contributed by atoms with van der Waals surface area (Å²) in [6.45, 7) is 2.34. The molecule has 0 N–H and O–H groups in total. The second kappa shape index (κ2) is 7.60. The third kappa shape index (κ3) is 4.24. The molecule has 27 heavy (non-hydrogen) atoms. The first-order valence-corrected chi connectivity index (χ1v) is 10.6. The molecule has 0 saturated carbocycles. The van der Waals surface area contributed by atoms with Crippen molar-refractivity contribution in [3.8, 4) is 5.75 Å². The first-order valence-electron chi connectivity index (χ1n) is 8.77. The van der Waals surface area contributed by atoms with Crippen molar-refractivity contribution in [1.29, 1.82) is 0 Å². The molecule has 0 unspecified atom stereocenters. The maximum absolute atomic E-state index is 12.8. The summed E-state index contributed by atoms with van der Waals surface area (Å²) in [5, 5.41) is 0. The quantitative estimate of drug-likeness (QED) is 0.763. The molecule has 6 nitrogen and oxygen atoms in total. The number of carbonyl (C=O) groups excluding carboxylic acids is 1. The molecule has 1 atom stereocenters. The monoisotopic (exact) mass is 388 g/mol. The van der Waals surface area contributed by atoms with E-state index in [0.29, 0.717) is 12.2 Å². The molecule has 0 bridgehead atoms. The fourth-order valence-corrected chi connectivity index (χ4v) is 4.06. The van der Waals surface area contributed by atoms with Crippen molar-refractivity contribution in [2.75, 3.05) is 30.8 Å². The lowest BCUT2D eigenvalue weighted by Crippen LogP contribution is -2.50. The highest BCUT2D eigenvalue weighted by Crippen LogP contribution is 2.35. The molecule has 3 rings (SSSR count). The van der Waals surface area contributed by atoms with Crippen LogP contribution in [0.5, 0.6) is 5.75 Å². The molecular weight excluding hydrogens is 364 g/mol. The van der Waals surface area contributed by atoms with Gasteiger partial charge in [-0.2, -0.15) is 0 Å². The molecule has 2 aromatic rings. The Morgan fingerprint density at radius 3 is 2.48 bits per heavy atom. The predicted octanol–water partition coefficient (Wildman–Crippen LogP) is 2.74. The van der Waals surface area contributed by atoms with E-state index in [1.165, 1.54) is 0 Å².